The van der Waals surface area contributed by atoms with Crippen LogP contribution in [0.4, 0.5) is 4.79 Å². The van der Waals surface area contributed by atoms with Crippen molar-refractivity contribution in [1.82, 2.24) is 10.6 Å². The van der Waals surface area contributed by atoms with Crippen LogP contribution in [0.25, 0.3) is 0 Å². The SMILES string of the molecule is CCCCCCNC(=O)NC1CCC1. The summed E-state index contributed by atoms with van der Waals surface area (Å²) in [7, 11) is 0. The Hall–Kier alpha value is -0.730. The molecule has 14 heavy (non-hydrogen) atoms. The highest BCUT2D eigenvalue weighted by Gasteiger charge is 2.18. The van der Waals surface area contributed by atoms with Crippen molar-refractivity contribution in [2.45, 2.75) is 57.9 Å². The van der Waals surface area contributed by atoms with Gasteiger partial charge in [-0.3, -0.25) is 0 Å². The van der Waals surface area contributed by atoms with E-state index in [9.17, 15) is 4.79 Å². The number of rotatable bonds is 6. The van der Waals surface area contributed by atoms with Crippen LogP contribution in [0.2, 0.25) is 0 Å². The number of nitrogens with one attached hydrogen (secondary N) is 2. The molecule has 0 heterocycles. The number of amides is 2. The smallest absolute Gasteiger partial charge is 0.315 e. The van der Waals surface area contributed by atoms with Crippen LogP contribution in [0.15, 0.2) is 0 Å². The minimum absolute atomic E-state index is 0.0196. The summed E-state index contributed by atoms with van der Waals surface area (Å²) in [6.07, 6.45) is 8.42. The largest absolute Gasteiger partial charge is 0.338 e. The maximum Gasteiger partial charge on any atom is 0.315 e. The van der Waals surface area contributed by atoms with E-state index in [4.69, 9.17) is 0 Å². The second-order valence-corrected chi connectivity index (χ2v) is 4.09. The third-order valence-electron chi connectivity index (χ3n) is 2.76. The van der Waals surface area contributed by atoms with E-state index >= 15 is 0 Å². The maximum absolute atomic E-state index is 11.3. The van der Waals surface area contributed by atoms with Gasteiger partial charge in [0.05, 0.1) is 0 Å². The molecule has 0 aromatic heterocycles. The summed E-state index contributed by atoms with van der Waals surface area (Å²) in [5.41, 5.74) is 0. The van der Waals surface area contributed by atoms with Crippen molar-refractivity contribution in [3.63, 3.8) is 0 Å². The molecule has 1 aliphatic rings. The lowest BCUT2D eigenvalue weighted by Gasteiger charge is -2.26. The van der Waals surface area contributed by atoms with E-state index in [1.807, 2.05) is 0 Å². The Kier molecular flexibility index (Phi) is 5.42. The number of unbranched alkanes of at least 4 members (excludes halogenated alkanes) is 3. The second kappa shape index (κ2) is 6.68. The van der Waals surface area contributed by atoms with Gasteiger partial charge >= 0.3 is 6.03 Å². The monoisotopic (exact) mass is 198 g/mol. The maximum atomic E-state index is 11.3. The highest BCUT2D eigenvalue weighted by molar-refractivity contribution is 5.74. The van der Waals surface area contributed by atoms with Crippen molar-refractivity contribution in [1.29, 1.82) is 0 Å². The van der Waals surface area contributed by atoms with Gasteiger partial charge in [0.15, 0.2) is 0 Å². The van der Waals surface area contributed by atoms with Gasteiger partial charge in [-0.2, -0.15) is 0 Å². The highest BCUT2D eigenvalue weighted by atomic mass is 16.2. The minimum Gasteiger partial charge on any atom is -0.338 e. The van der Waals surface area contributed by atoms with Gasteiger partial charge in [0, 0.05) is 12.6 Å². The topological polar surface area (TPSA) is 41.1 Å². The van der Waals surface area contributed by atoms with Crippen LogP contribution in [0, 0.1) is 0 Å². The quantitative estimate of drug-likeness (QED) is 0.632. The zero-order valence-corrected chi connectivity index (χ0v) is 9.14. The summed E-state index contributed by atoms with van der Waals surface area (Å²) in [4.78, 5) is 11.3. The summed E-state index contributed by atoms with van der Waals surface area (Å²) in [5.74, 6) is 0. The van der Waals surface area contributed by atoms with E-state index in [1.165, 1.54) is 25.7 Å². The first-order valence-electron chi connectivity index (χ1n) is 5.87. The van der Waals surface area contributed by atoms with Gasteiger partial charge in [0.2, 0.25) is 0 Å². The third kappa shape index (κ3) is 4.49. The fourth-order valence-electron chi connectivity index (χ4n) is 1.54. The second-order valence-electron chi connectivity index (χ2n) is 4.09. The Labute approximate surface area is 86.6 Å². The predicted molar refractivity (Wildman–Crippen MR) is 58.3 cm³/mol. The van der Waals surface area contributed by atoms with E-state index in [0.717, 1.165) is 25.8 Å². The van der Waals surface area contributed by atoms with E-state index in [1.54, 1.807) is 0 Å². The lowest BCUT2D eigenvalue weighted by molar-refractivity contribution is 0.228. The number of carbonyl (C=O) groups excluding carboxylic acids is 1. The third-order valence-corrected chi connectivity index (χ3v) is 2.76. The average Bonchev–Trinajstić information content (AvgIpc) is 2.11. The van der Waals surface area contributed by atoms with E-state index in [2.05, 4.69) is 17.6 Å². The van der Waals surface area contributed by atoms with Gasteiger partial charge in [0.1, 0.15) is 0 Å². The van der Waals surface area contributed by atoms with Gasteiger partial charge in [-0.1, -0.05) is 26.2 Å². The molecule has 1 rings (SSSR count). The Morgan fingerprint density at radius 1 is 1.29 bits per heavy atom. The highest BCUT2D eigenvalue weighted by Crippen LogP contribution is 2.17. The van der Waals surface area contributed by atoms with Crippen LogP contribution >= 0.6 is 0 Å². The zero-order chi connectivity index (χ0) is 10.2. The summed E-state index contributed by atoms with van der Waals surface area (Å²) < 4.78 is 0. The molecular formula is C11H22N2O. The number of urea groups is 1. The first-order chi connectivity index (χ1) is 6.83. The first-order valence-corrected chi connectivity index (χ1v) is 5.87. The Bertz CT molecular complexity index is 167. The standard InChI is InChI=1S/C11H22N2O/c1-2-3-4-5-9-12-11(14)13-10-7-6-8-10/h10H,2-9H2,1H3,(H2,12,13,14). The molecule has 1 aliphatic carbocycles. The molecule has 2 amide bonds. The van der Waals surface area contributed by atoms with Crippen molar-refractivity contribution in [2.24, 2.45) is 0 Å². The summed E-state index contributed by atoms with van der Waals surface area (Å²) in [6.45, 7) is 3.01. The molecule has 1 fully saturated rings. The van der Waals surface area contributed by atoms with Gasteiger partial charge in [0.25, 0.3) is 0 Å². The molecule has 0 radical (unpaired) electrons. The van der Waals surface area contributed by atoms with Gasteiger partial charge in [-0.15, -0.1) is 0 Å². The molecule has 0 aromatic rings. The first kappa shape index (κ1) is 11.3. The van der Waals surface area contributed by atoms with Gasteiger partial charge in [-0.05, 0) is 25.7 Å². The van der Waals surface area contributed by atoms with Crippen LogP contribution in [0.3, 0.4) is 0 Å². The van der Waals surface area contributed by atoms with Crippen LogP contribution in [0.5, 0.6) is 0 Å². The van der Waals surface area contributed by atoms with E-state index in [-0.39, 0.29) is 6.03 Å². The molecule has 0 unspecified atom stereocenters. The summed E-state index contributed by atoms with van der Waals surface area (Å²) >= 11 is 0. The van der Waals surface area contributed by atoms with Crippen LogP contribution in [-0.2, 0) is 0 Å². The minimum atomic E-state index is 0.0196. The Morgan fingerprint density at radius 3 is 2.64 bits per heavy atom. The van der Waals surface area contributed by atoms with E-state index in [0.29, 0.717) is 6.04 Å². The molecule has 1 saturated carbocycles. The fourth-order valence-corrected chi connectivity index (χ4v) is 1.54. The number of carbonyl (C=O) groups is 1. The molecule has 0 atom stereocenters. The number of hydrogen-bond acceptors (Lipinski definition) is 1. The van der Waals surface area contributed by atoms with Crippen LogP contribution in [-0.4, -0.2) is 18.6 Å². The van der Waals surface area contributed by atoms with Crippen molar-refractivity contribution < 1.29 is 4.79 Å². The van der Waals surface area contributed by atoms with Crippen LogP contribution < -0.4 is 10.6 Å². The summed E-state index contributed by atoms with van der Waals surface area (Å²) in [5, 5.41) is 5.85. The molecule has 0 saturated heterocycles. The predicted octanol–water partition coefficient (Wildman–Crippen LogP) is 2.42. The molecule has 3 heteroatoms. The molecular weight excluding hydrogens is 176 g/mol. The fraction of sp³-hybridized carbons (Fsp3) is 0.909. The van der Waals surface area contributed by atoms with Crippen molar-refractivity contribution in [2.75, 3.05) is 6.54 Å². The zero-order valence-electron chi connectivity index (χ0n) is 9.14. The Balaban J connectivity index is 1.87. The van der Waals surface area contributed by atoms with Gasteiger partial charge < -0.3 is 10.6 Å². The lowest BCUT2D eigenvalue weighted by atomic mass is 9.93. The van der Waals surface area contributed by atoms with Crippen molar-refractivity contribution >= 4 is 6.03 Å². The molecule has 2 N–H and O–H groups in total. The van der Waals surface area contributed by atoms with E-state index < -0.39 is 0 Å². The van der Waals surface area contributed by atoms with Crippen molar-refractivity contribution in [3.8, 4) is 0 Å². The molecule has 3 nitrogen and oxygen atoms in total. The summed E-state index contributed by atoms with van der Waals surface area (Å²) in [6, 6.07) is 0.469. The molecule has 0 spiro atoms. The molecule has 0 aliphatic heterocycles. The van der Waals surface area contributed by atoms with Crippen molar-refractivity contribution in [3.05, 3.63) is 0 Å². The van der Waals surface area contributed by atoms with Gasteiger partial charge in [-0.25, -0.2) is 4.79 Å². The molecule has 0 aromatic carbocycles. The average molecular weight is 198 g/mol. The molecule has 82 valence electrons. The molecule has 0 bridgehead atoms. The number of hydrogen-bond donors (Lipinski definition) is 2. The van der Waals surface area contributed by atoms with Crippen LogP contribution in [0.1, 0.15) is 51.9 Å². The Morgan fingerprint density at radius 2 is 2.07 bits per heavy atom. The normalized spacial score (nSPS) is 16.1. The lowest BCUT2D eigenvalue weighted by Crippen LogP contribution is -2.45.